The van der Waals surface area contributed by atoms with Gasteiger partial charge in [0.25, 0.3) is 0 Å². The number of hydrogen-bond acceptors (Lipinski definition) is 3. The molecule has 2 heterocycles. The second-order valence-electron chi connectivity index (χ2n) is 4.16. The fourth-order valence-corrected chi connectivity index (χ4v) is 2.13. The topological polar surface area (TPSA) is 61.7 Å². The quantitative estimate of drug-likeness (QED) is 0.807. The van der Waals surface area contributed by atoms with E-state index >= 15 is 0 Å². The molecular formula is C13H12BrN5. The van der Waals surface area contributed by atoms with Crippen molar-refractivity contribution in [3.8, 4) is 5.69 Å². The summed E-state index contributed by atoms with van der Waals surface area (Å²) >= 11 is 3.34. The van der Waals surface area contributed by atoms with Gasteiger partial charge < -0.3 is 5.73 Å². The Labute approximate surface area is 118 Å². The van der Waals surface area contributed by atoms with E-state index in [2.05, 4.69) is 26.1 Å². The Kier molecular flexibility index (Phi) is 3.08. The van der Waals surface area contributed by atoms with Crippen molar-refractivity contribution < 1.29 is 0 Å². The zero-order chi connectivity index (χ0) is 13.2. The van der Waals surface area contributed by atoms with E-state index in [9.17, 15) is 0 Å². The number of halogens is 1. The Morgan fingerprint density at radius 1 is 1.11 bits per heavy atom. The van der Waals surface area contributed by atoms with E-state index in [-0.39, 0.29) is 0 Å². The Balaban J connectivity index is 1.84. The van der Waals surface area contributed by atoms with E-state index in [4.69, 9.17) is 5.73 Å². The molecule has 19 heavy (non-hydrogen) atoms. The number of aromatic nitrogens is 4. The smallest absolute Gasteiger partial charge is 0.136 e. The van der Waals surface area contributed by atoms with Crippen LogP contribution in [0, 0.1) is 0 Å². The van der Waals surface area contributed by atoms with Crippen LogP contribution in [0.15, 0.2) is 53.4 Å². The lowest BCUT2D eigenvalue weighted by atomic mass is 10.3. The summed E-state index contributed by atoms with van der Waals surface area (Å²) in [4.78, 5) is 0. The molecule has 0 aliphatic heterocycles. The summed E-state index contributed by atoms with van der Waals surface area (Å²) in [5.74, 6) is 0.618. The minimum absolute atomic E-state index is 0.601. The van der Waals surface area contributed by atoms with Crippen molar-refractivity contribution in [3.63, 3.8) is 0 Å². The standard InChI is InChI=1S/C13H12BrN5/c14-12-7-17-19(13(12)15)9-10-6-16-18(8-10)11-4-2-1-3-5-11/h1-8H,9,15H2. The molecule has 2 N–H and O–H groups in total. The molecule has 5 nitrogen and oxygen atoms in total. The summed E-state index contributed by atoms with van der Waals surface area (Å²) in [7, 11) is 0. The number of hydrogen-bond donors (Lipinski definition) is 1. The highest BCUT2D eigenvalue weighted by Crippen LogP contribution is 2.19. The van der Waals surface area contributed by atoms with Gasteiger partial charge in [-0.3, -0.25) is 0 Å². The molecule has 0 aliphatic rings. The van der Waals surface area contributed by atoms with E-state index in [1.807, 2.05) is 47.4 Å². The zero-order valence-electron chi connectivity index (χ0n) is 10.1. The van der Waals surface area contributed by atoms with Gasteiger partial charge in [-0.05, 0) is 28.1 Å². The van der Waals surface area contributed by atoms with Crippen molar-refractivity contribution in [2.24, 2.45) is 0 Å². The molecule has 0 bridgehead atoms. The Bertz CT molecular complexity index is 686. The van der Waals surface area contributed by atoms with E-state index in [0.717, 1.165) is 15.7 Å². The third kappa shape index (κ3) is 2.39. The number of para-hydroxylation sites is 1. The average molecular weight is 318 g/mol. The molecule has 0 saturated carbocycles. The van der Waals surface area contributed by atoms with Crippen LogP contribution >= 0.6 is 15.9 Å². The van der Waals surface area contributed by atoms with Gasteiger partial charge in [0.15, 0.2) is 0 Å². The monoisotopic (exact) mass is 317 g/mol. The van der Waals surface area contributed by atoms with Gasteiger partial charge >= 0.3 is 0 Å². The van der Waals surface area contributed by atoms with Gasteiger partial charge in [-0.1, -0.05) is 18.2 Å². The van der Waals surface area contributed by atoms with E-state index in [1.165, 1.54) is 0 Å². The first-order chi connectivity index (χ1) is 9.24. The van der Waals surface area contributed by atoms with Crippen molar-refractivity contribution in [2.45, 2.75) is 6.54 Å². The SMILES string of the molecule is Nc1c(Br)cnn1Cc1cnn(-c2ccccc2)c1. The zero-order valence-corrected chi connectivity index (χ0v) is 11.7. The summed E-state index contributed by atoms with van der Waals surface area (Å²) in [5, 5.41) is 8.54. The molecule has 3 rings (SSSR count). The Morgan fingerprint density at radius 3 is 2.58 bits per heavy atom. The van der Waals surface area contributed by atoms with Crippen molar-refractivity contribution in [3.05, 3.63) is 59.0 Å². The molecule has 0 amide bonds. The number of nitrogen functional groups attached to an aromatic ring is 1. The largest absolute Gasteiger partial charge is 0.383 e. The summed E-state index contributed by atoms with van der Waals surface area (Å²) in [6.45, 7) is 0.601. The molecule has 0 saturated heterocycles. The molecule has 6 heteroatoms. The molecule has 96 valence electrons. The predicted octanol–water partition coefficient (Wildman–Crippen LogP) is 2.46. The lowest BCUT2D eigenvalue weighted by Crippen LogP contribution is -2.05. The second kappa shape index (κ2) is 4.89. The first kappa shape index (κ1) is 12.0. The minimum Gasteiger partial charge on any atom is -0.383 e. The molecule has 0 unspecified atom stereocenters. The van der Waals surface area contributed by atoms with Crippen LogP contribution in [0.25, 0.3) is 5.69 Å². The van der Waals surface area contributed by atoms with Crippen molar-refractivity contribution in [2.75, 3.05) is 5.73 Å². The van der Waals surface area contributed by atoms with Crippen LogP contribution in [0.2, 0.25) is 0 Å². The third-order valence-electron chi connectivity index (χ3n) is 2.82. The van der Waals surface area contributed by atoms with Crippen LogP contribution in [0.1, 0.15) is 5.56 Å². The summed E-state index contributed by atoms with van der Waals surface area (Å²) in [6.07, 6.45) is 5.49. The van der Waals surface area contributed by atoms with Crippen LogP contribution in [0.3, 0.4) is 0 Å². The van der Waals surface area contributed by atoms with Gasteiger partial charge in [-0.2, -0.15) is 10.2 Å². The van der Waals surface area contributed by atoms with Crippen molar-refractivity contribution in [1.29, 1.82) is 0 Å². The Morgan fingerprint density at radius 2 is 1.89 bits per heavy atom. The molecule has 3 aromatic rings. The van der Waals surface area contributed by atoms with E-state index < -0.39 is 0 Å². The molecule has 0 fully saturated rings. The lowest BCUT2D eigenvalue weighted by Gasteiger charge is -2.02. The molecule has 0 spiro atoms. The number of nitrogens with two attached hydrogens (primary N) is 1. The second-order valence-corrected chi connectivity index (χ2v) is 5.02. The molecule has 0 radical (unpaired) electrons. The highest BCUT2D eigenvalue weighted by atomic mass is 79.9. The molecule has 0 atom stereocenters. The van der Waals surface area contributed by atoms with Gasteiger partial charge in [0.2, 0.25) is 0 Å². The van der Waals surface area contributed by atoms with Gasteiger partial charge in [0.05, 0.1) is 29.1 Å². The van der Waals surface area contributed by atoms with Crippen LogP contribution < -0.4 is 5.73 Å². The van der Waals surface area contributed by atoms with Crippen LogP contribution in [0.5, 0.6) is 0 Å². The highest BCUT2D eigenvalue weighted by Gasteiger charge is 2.07. The van der Waals surface area contributed by atoms with Gasteiger partial charge in [-0.15, -0.1) is 0 Å². The first-order valence-electron chi connectivity index (χ1n) is 5.80. The minimum atomic E-state index is 0.601. The number of rotatable bonds is 3. The maximum Gasteiger partial charge on any atom is 0.136 e. The summed E-state index contributed by atoms with van der Waals surface area (Å²) < 4.78 is 4.38. The first-order valence-corrected chi connectivity index (χ1v) is 6.59. The van der Waals surface area contributed by atoms with Crippen LogP contribution in [0.4, 0.5) is 5.82 Å². The number of benzene rings is 1. The summed E-state index contributed by atoms with van der Waals surface area (Å²) in [6, 6.07) is 9.97. The predicted molar refractivity (Wildman–Crippen MR) is 77.0 cm³/mol. The molecular weight excluding hydrogens is 306 g/mol. The number of anilines is 1. The third-order valence-corrected chi connectivity index (χ3v) is 3.43. The highest BCUT2D eigenvalue weighted by molar-refractivity contribution is 9.10. The summed E-state index contributed by atoms with van der Waals surface area (Å²) in [5.41, 5.74) is 7.97. The normalized spacial score (nSPS) is 10.8. The van der Waals surface area contributed by atoms with Crippen molar-refractivity contribution in [1.82, 2.24) is 19.6 Å². The van der Waals surface area contributed by atoms with Crippen LogP contribution in [-0.4, -0.2) is 19.6 Å². The molecule has 1 aromatic carbocycles. The Hall–Kier alpha value is -2.08. The lowest BCUT2D eigenvalue weighted by molar-refractivity contribution is 0.697. The fraction of sp³-hybridized carbons (Fsp3) is 0.0769. The van der Waals surface area contributed by atoms with Gasteiger partial charge in [0, 0.05) is 11.8 Å². The van der Waals surface area contributed by atoms with E-state index in [0.29, 0.717) is 12.4 Å². The fourth-order valence-electron chi connectivity index (χ4n) is 1.83. The number of nitrogens with zero attached hydrogens (tertiary/aromatic N) is 4. The maximum atomic E-state index is 5.89. The molecule has 0 aliphatic carbocycles. The van der Waals surface area contributed by atoms with Gasteiger partial charge in [-0.25, -0.2) is 9.36 Å². The average Bonchev–Trinajstić information content (AvgIpc) is 3.02. The maximum absolute atomic E-state index is 5.89. The van der Waals surface area contributed by atoms with Gasteiger partial charge in [0.1, 0.15) is 5.82 Å². The van der Waals surface area contributed by atoms with Crippen molar-refractivity contribution >= 4 is 21.7 Å². The van der Waals surface area contributed by atoms with E-state index in [1.54, 1.807) is 10.9 Å². The molecule has 2 aromatic heterocycles. The van der Waals surface area contributed by atoms with Crippen LogP contribution in [-0.2, 0) is 6.54 Å².